The maximum absolute atomic E-state index is 14.1. The molecule has 2 aromatic rings. The summed E-state index contributed by atoms with van der Waals surface area (Å²) in [5.74, 6) is -0.0321. The van der Waals surface area contributed by atoms with Gasteiger partial charge in [0, 0.05) is 31.2 Å². The zero-order chi connectivity index (χ0) is 15.4. The van der Waals surface area contributed by atoms with Crippen molar-refractivity contribution in [1.29, 1.82) is 0 Å². The van der Waals surface area contributed by atoms with E-state index in [0.717, 1.165) is 29.9 Å². The Bertz CT molecular complexity index is 589. The molecule has 0 aliphatic carbocycles. The fourth-order valence-corrected chi connectivity index (χ4v) is 2.58. The summed E-state index contributed by atoms with van der Waals surface area (Å²) in [7, 11) is 1.94. The van der Waals surface area contributed by atoms with Gasteiger partial charge >= 0.3 is 0 Å². The van der Waals surface area contributed by atoms with Crippen LogP contribution in [0.25, 0.3) is 0 Å². The molecule has 0 amide bonds. The van der Waals surface area contributed by atoms with Crippen LogP contribution in [0.2, 0.25) is 0 Å². The monoisotopic (exact) mass is 289 g/mol. The first-order valence-electron chi connectivity index (χ1n) is 7.44. The SMILES string of the molecule is Cc1cc(CC(CNC(C)C)c2ccccc2F)n(C)n1. The molecule has 0 spiro atoms. The molecule has 2 rings (SSSR count). The van der Waals surface area contributed by atoms with Crippen molar-refractivity contribution in [2.45, 2.75) is 39.2 Å². The van der Waals surface area contributed by atoms with Crippen LogP contribution in [-0.2, 0) is 13.5 Å². The first kappa shape index (κ1) is 15.7. The van der Waals surface area contributed by atoms with Crippen LogP contribution >= 0.6 is 0 Å². The second-order valence-corrected chi connectivity index (χ2v) is 5.89. The Morgan fingerprint density at radius 2 is 2.00 bits per heavy atom. The van der Waals surface area contributed by atoms with E-state index in [4.69, 9.17) is 0 Å². The molecule has 1 aromatic carbocycles. The maximum Gasteiger partial charge on any atom is 0.126 e. The number of nitrogens with zero attached hydrogens (tertiary/aromatic N) is 2. The highest BCUT2D eigenvalue weighted by atomic mass is 19.1. The molecule has 21 heavy (non-hydrogen) atoms. The Morgan fingerprint density at radius 1 is 1.29 bits per heavy atom. The van der Waals surface area contributed by atoms with E-state index in [2.05, 4.69) is 30.3 Å². The van der Waals surface area contributed by atoms with Gasteiger partial charge in [-0.25, -0.2) is 4.39 Å². The van der Waals surface area contributed by atoms with E-state index in [0.29, 0.717) is 6.04 Å². The number of nitrogens with one attached hydrogen (secondary N) is 1. The lowest BCUT2D eigenvalue weighted by molar-refractivity contribution is 0.497. The fourth-order valence-electron chi connectivity index (χ4n) is 2.58. The van der Waals surface area contributed by atoms with Gasteiger partial charge in [-0.05, 0) is 31.0 Å². The first-order chi connectivity index (χ1) is 9.97. The zero-order valence-corrected chi connectivity index (χ0v) is 13.2. The van der Waals surface area contributed by atoms with Crippen LogP contribution in [0, 0.1) is 12.7 Å². The van der Waals surface area contributed by atoms with E-state index >= 15 is 0 Å². The van der Waals surface area contributed by atoms with E-state index in [1.807, 2.05) is 30.8 Å². The Morgan fingerprint density at radius 3 is 2.57 bits per heavy atom. The summed E-state index contributed by atoms with van der Waals surface area (Å²) in [6, 6.07) is 9.50. The molecule has 1 unspecified atom stereocenters. The molecule has 0 aliphatic rings. The summed E-state index contributed by atoms with van der Waals surface area (Å²) in [5, 5.41) is 7.80. The molecule has 0 fully saturated rings. The van der Waals surface area contributed by atoms with Gasteiger partial charge in [-0.3, -0.25) is 4.68 Å². The van der Waals surface area contributed by atoms with Gasteiger partial charge in [0.25, 0.3) is 0 Å². The summed E-state index contributed by atoms with van der Waals surface area (Å²) in [6.07, 6.45) is 0.776. The number of aromatic nitrogens is 2. The minimum Gasteiger partial charge on any atom is -0.314 e. The molecule has 0 bridgehead atoms. The van der Waals surface area contributed by atoms with Gasteiger partial charge in [-0.1, -0.05) is 32.0 Å². The van der Waals surface area contributed by atoms with Crippen LogP contribution < -0.4 is 5.32 Å². The Balaban J connectivity index is 2.24. The van der Waals surface area contributed by atoms with E-state index in [1.54, 1.807) is 6.07 Å². The number of halogens is 1. The number of hydrogen-bond donors (Lipinski definition) is 1. The number of benzene rings is 1. The van der Waals surface area contributed by atoms with E-state index in [9.17, 15) is 4.39 Å². The highest BCUT2D eigenvalue weighted by Crippen LogP contribution is 2.23. The van der Waals surface area contributed by atoms with Crippen molar-refractivity contribution in [3.8, 4) is 0 Å². The predicted molar refractivity (Wildman–Crippen MR) is 83.9 cm³/mol. The Hall–Kier alpha value is -1.68. The average Bonchev–Trinajstić information content (AvgIpc) is 2.73. The topological polar surface area (TPSA) is 29.9 Å². The van der Waals surface area contributed by atoms with Crippen molar-refractivity contribution in [3.05, 3.63) is 53.1 Å². The van der Waals surface area contributed by atoms with Crippen molar-refractivity contribution in [3.63, 3.8) is 0 Å². The second kappa shape index (κ2) is 6.85. The van der Waals surface area contributed by atoms with Gasteiger partial charge in [-0.15, -0.1) is 0 Å². The summed E-state index contributed by atoms with van der Waals surface area (Å²) in [6.45, 7) is 6.94. The Labute approximate surface area is 126 Å². The summed E-state index contributed by atoms with van der Waals surface area (Å²) in [4.78, 5) is 0. The van der Waals surface area contributed by atoms with Crippen LogP contribution in [0.15, 0.2) is 30.3 Å². The number of hydrogen-bond acceptors (Lipinski definition) is 2. The van der Waals surface area contributed by atoms with E-state index < -0.39 is 0 Å². The molecule has 0 aliphatic heterocycles. The second-order valence-electron chi connectivity index (χ2n) is 5.89. The van der Waals surface area contributed by atoms with Gasteiger partial charge in [0.2, 0.25) is 0 Å². The van der Waals surface area contributed by atoms with Gasteiger partial charge < -0.3 is 5.32 Å². The number of rotatable bonds is 6. The molecular formula is C17H24FN3. The summed E-state index contributed by atoms with van der Waals surface area (Å²) in [5.41, 5.74) is 2.90. The summed E-state index contributed by atoms with van der Waals surface area (Å²) < 4.78 is 16.0. The third kappa shape index (κ3) is 4.14. The largest absolute Gasteiger partial charge is 0.314 e. The Kier molecular flexibility index (Phi) is 5.12. The van der Waals surface area contributed by atoms with Crippen molar-refractivity contribution >= 4 is 0 Å². The molecule has 4 heteroatoms. The van der Waals surface area contributed by atoms with Crippen LogP contribution in [0.5, 0.6) is 0 Å². The number of aryl methyl sites for hydroxylation is 2. The molecule has 0 saturated carbocycles. The molecule has 114 valence electrons. The zero-order valence-electron chi connectivity index (χ0n) is 13.2. The third-order valence-corrected chi connectivity index (χ3v) is 3.67. The molecule has 1 atom stereocenters. The lowest BCUT2D eigenvalue weighted by Crippen LogP contribution is -2.29. The predicted octanol–water partition coefficient (Wildman–Crippen LogP) is 3.19. The third-order valence-electron chi connectivity index (χ3n) is 3.67. The van der Waals surface area contributed by atoms with Crippen LogP contribution in [0.3, 0.4) is 0 Å². The molecule has 3 nitrogen and oxygen atoms in total. The average molecular weight is 289 g/mol. The fraction of sp³-hybridized carbons (Fsp3) is 0.471. The minimum atomic E-state index is -0.132. The van der Waals surface area contributed by atoms with Crippen molar-refractivity contribution in [2.24, 2.45) is 7.05 Å². The molecule has 0 saturated heterocycles. The van der Waals surface area contributed by atoms with Gasteiger partial charge in [0.05, 0.1) is 5.69 Å². The molecule has 1 heterocycles. The lowest BCUT2D eigenvalue weighted by atomic mass is 9.93. The van der Waals surface area contributed by atoms with Crippen molar-refractivity contribution in [2.75, 3.05) is 6.54 Å². The van der Waals surface area contributed by atoms with Crippen LogP contribution in [-0.4, -0.2) is 22.4 Å². The van der Waals surface area contributed by atoms with E-state index in [1.165, 1.54) is 6.07 Å². The molecular weight excluding hydrogens is 265 g/mol. The maximum atomic E-state index is 14.1. The van der Waals surface area contributed by atoms with Crippen LogP contribution in [0.1, 0.15) is 36.7 Å². The van der Waals surface area contributed by atoms with Crippen molar-refractivity contribution < 1.29 is 4.39 Å². The normalized spacial score (nSPS) is 12.9. The molecule has 1 aromatic heterocycles. The van der Waals surface area contributed by atoms with Gasteiger partial charge in [0.15, 0.2) is 0 Å². The van der Waals surface area contributed by atoms with Crippen molar-refractivity contribution in [1.82, 2.24) is 15.1 Å². The summed E-state index contributed by atoms with van der Waals surface area (Å²) >= 11 is 0. The quantitative estimate of drug-likeness (QED) is 0.885. The van der Waals surface area contributed by atoms with Crippen LogP contribution in [0.4, 0.5) is 4.39 Å². The smallest absolute Gasteiger partial charge is 0.126 e. The van der Waals surface area contributed by atoms with Gasteiger partial charge in [-0.2, -0.15) is 5.10 Å². The highest BCUT2D eigenvalue weighted by Gasteiger charge is 2.18. The lowest BCUT2D eigenvalue weighted by Gasteiger charge is -2.20. The molecule has 1 N–H and O–H groups in total. The molecule has 0 radical (unpaired) electrons. The standard InChI is InChI=1S/C17H24FN3/c1-12(2)19-11-14(16-7-5-6-8-17(16)18)10-15-9-13(3)20-21(15)4/h5-9,12,14,19H,10-11H2,1-4H3. The van der Waals surface area contributed by atoms with E-state index in [-0.39, 0.29) is 11.7 Å². The van der Waals surface area contributed by atoms with Gasteiger partial charge in [0.1, 0.15) is 5.82 Å². The first-order valence-corrected chi connectivity index (χ1v) is 7.44. The highest BCUT2D eigenvalue weighted by molar-refractivity contribution is 5.24. The minimum absolute atomic E-state index is 0.100.